The van der Waals surface area contributed by atoms with Crippen molar-refractivity contribution in [3.8, 4) is 0 Å². The lowest BCUT2D eigenvalue weighted by Gasteiger charge is -2.40. The molecule has 1 spiro atoms. The second-order valence-electron chi connectivity index (χ2n) is 6.21. The number of ether oxygens (including phenoxy) is 1. The van der Waals surface area contributed by atoms with Crippen LogP contribution in [0.15, 0.2) is 28.1 Å². The van der Waals surface area contributed by atoms with Crippen molar-refractivity contribution < 1.29 is 14.7 Å². The van der Waals surface area contributed by atoms with E-state index in [1.54, 1.807) is 0 Å². The summed E-state index contributed by atoms with van der Waals surface area (Å²) >= 11 is 5.68. The standard InChI is InChI=1S/C17H26ClNO3/c1-3-7-15(19-22-11-13(2)18)14-12-21-17(10-16(14)20)8-5-4-6-9-17/h20H,2-12H2,1H3. The van der Waals surface area contributed by atoms with Crippen LogP contribution in [-0.2, 0) is 9.57 Å². The van der Waals surface area contributed by atoms with Crippen LogP contribution in [0.5, 0.6) is 0 Å². The Balaban J connectivity index is 2.10. The lowest BCUT2D eigenvalue weighted by atomic mass is 9.79. The first-order valence-corrected chi connectivity index (χ1v) is 8.51. The van der Waals surface area contributed by atoms with E-state index in [1.165, 1.54) is 19.3 Å². The van der Waals surface area contributed by atoms with Crippen LogP contribution in [0.3, 0.4) is 0 Å². The molecule has 4 nitrogen and oxygen atoms in total. The number of aliphatic hydroxyl groups is 1. The van der Waals surface area contributed by atoms with Gasteiger partial charge in [0, 0.05) is 12.0 Å². The van der Waals surface area contributed by atoms with E-state index in [0.29, 0.717) is 23.8 Å². The maximum absolute atomic E-state index is 10.5. The molecule has 0 amide bonds. The van der Waals surface area contributed by atoms with Crippen LogP contribution in [0.2, 0.25) is 0 Å². The van der Waals surface area contributed by atoms with Crippen molar-refractivity contribution in [1.29, 1.82) is 0 Å². The lowest BCUT2D eigenvalue weighted by Crippen LogP contribution is -2.40. The van der Waals surface area contributed by atoms with Gasteiger partial charge in [-0.15, -0.1) is 0 Å². The molecule has 2 aliphatic rings. The fourth-order valence-electron chi connectivity index (χ4n) is 3.21. The molecule has 1 aliphatic carbocycles. The number of halogens is 1. The summed E-state index contributed by atoms with van der Waals surface area (Å²) in [5.41, 5.74) is 1.37. The molecule has 0 aromatic carbocycles. The quantitative estimate of drug-likeness (QED) is 0.560. The Bertz CT molecular complexity index is 465. The second kappa shape index (κ2) is 8.02. The summed E-state index contributed by atoms with van der Waals surface area (Å²) in [5, 5.41) is 15.0. The molecule has 1 heterocycles. The third-order valence-electron chi connectivity index (χ3n) is 4.36. The van der Waals surface area contributed by atoms with E-state index < -0.39 is 0 Å². The van der Waals surface area contributed by atoms with Crippen LogP contribution < -0.4 is 0 Å². The number of hydrogen-bond donors (Lipinski definition) is 1. The summed E-state index contributed by atoms with van der Waals surface area (Å²) in [6.07, 6.45) is 7.95. The van der Waals surface area contributed by atoms with Gasteiger partial charge in [-0.25, -0.2) is 0 Å². The van der Waals surface area contributed by atoms with Gasteiger partial charge < -0.3 is 14.7 Å². The third-order valence-corrected chi connectivity index (χ3v) is 4.47. The summed E-state index contributed by atoms with van der Waals surface area (Å²) in [6.45, 7) is 6.22. The number of rotatable bonds is 6. The predicted molar refractivity (Wildman–Crippen MR) is 89.3 cm³/mol. The number of hydrogen-bond acceptors (Lipinski definition) is 4. The van der Waals surface area contributed by atoms with Crippen molar-refractivity contribution in [2.45, 2.75) is 63.9 Å². The molecule has 0 aromatic rings. The average molecular weight is 328 g/mol. The first kappa shape index (κ1) is 17.4. The minimum atomic E-state index is -0.158. The van der Waals surface area contributed by atoms with Crippen LogP contribution in [0, 0.1) is 0 Å². The molecule has 1 saturated carbocycles. The van der Waals surface area contributed by atoms with Gasteiger partial charge in [0.25, 0.3) is 0 Å². The van der Waals surface area contributed by atoms with E-state index in [9.17, 15) is 5.11 Å². The van der Waals surface area contributed by atoms with Crippen molar-refractivity contribution in [3.05, 3.63) is 22.9 Å². The summed E-state index contributed by atoms with van der Waals surface area (Å²) in [4.78, 5) is 5.20. The van der Waals surface area contributed by atoms with E-state index in [4.69, 9.17) is 21.2 Å². The number of aliphatic hydroxyl groups excluding tert-OH is 1. The second-order valence-corrected chi connectivity index (χ2v) is 6.75. The van der Waals surface area contributed by atoms with Gasteiger partial charge in [0.05, 0.1) is 23.0 Å². The molecular formula is C17H26ClNO3. The predicted octanol–water partition coefficient (Wildman–Crippen LogP) is 4.85. The number of nitrogens with zero attached hydrogens (tertiary/aromatic N) is 1. The highest BCUT2D eigenvalue weighted by atomic mass is 35.5. The summed E-state index contributed by atoms with van der Waals surface area (Å²) in [5.74, 6) is 0.411. The molecule has 0 radical (unpaired) electrons. The van der Waals surface area contributed by atoms with Crippen LogP contribution in [0.1, 0.15) is 58.3 Å². The van der Waals surface area contributed by atoms with E-state index in [0.717, 1.165) is 37.0 Å². The summed E-state index contributed by atoms with van der Waals surface area (Å²) < 4.78 is 6.15. The molecule has 0 bridgehead atoms. The smallest absolute Gasteiger partial charge is 0.152 e. The Morgan fingerprint density at radius 3 is 2.73 bits per heavy atom. The fourth-order valence-corrected chi connectivity index (χ4v) is 3.26. The minimum Gasteiger partial charge on any atom is -0.512 e. The van der Waals surface area contributed by atoms with Gasteiger partial charge in [-0.3, -0.25) is 0 Å². The van der Waals surface area contributed by atoms with Gasteiger partial charge in [-0.05, 0) is 19.3 Å². The Labute approximate surface area is 137 Å². The number of oxime groups is 1. The van der Waals surface area contributed by atoms with E-state index in [-0.39, 0.29) is 12.2 Å². The molecule has 1 aliphatic heterocycles. The maximum atomic E-state index is 10.5. The first-order valence-electron chi connectivity index (χ1n) is 8.14. The Morgan fingerprint density at radius 2 is 2.14 bits per heavy atom. The lowest BCUT2D eigenvalue weighted by molar-refractivity contribution is -0.0754. The minimum absolute atomic E-state index is 0.158. The van der Waals surface area contributed by atoms with Gasteiger partial charge in [0.15, 0.2) is 6.61 Å². The van der Waals surface area contributed by atoms with Crippen molar-refractivity contribution in [2.24, 2.45) is 5.16 Å². The Morgan fingerprint density at radius 1 is 1.41 bits per heavy atom. The Kier molecular flexibility index (Phi) is 6.33. The third kappa shape index (κ3) is 4.50. The highest BCUT2D eigenvalue weighted by Gasteiger charge is 2.38. The van der Waals surface area contributed by atoms with Crippen LogP contribution >= 0.6 is 11.6 Å². The molecular weight excluding hydrogens is 302 g/mol. The highest BCUT2D eigenvalue weighted by molar-refractivity contribution is 6.29. The molecule has 0 unspecified atom stereocenters. The van der Waals surface area contributed by atoms with Crippen molar-refractivity contribution >= 4 is 17.3 Å². The Hall–Kier alpha value is -1.00. The zero-order valence-corrected chi connectivity index (χ0v) is 14.1. The average Bonchev–Trinajstić information content (AvgIpc) is 2.47. The van der Waals surface area contributed by atoms with Gasteiger partial charge in [0.1, 0.15) is 5.76 Å². The van der Waals surface area contributed by atoms with Crippen LogP contribution in [-0.4, -0.2) is 29.6 Å². The van der Waals surface area contributed by atoms with Gasteiger partial charge in [0.2, 0.25) is 0 Å². The van der Waals surface area contributed by atoms with E-state index >= 15 is 0 Å². The molecule has 22 heavy (non-hydrogen) atoms. The molecule has 0 aromatic heterocycles. The monoisotopic (exact) mass is 327 g/mol. The molecule has 0 atom stereocenters. The summed E-state index contributed by atoms with van der Waals surface area (Å²) in [7, 11) is 0. The van der Waals surface area contributed by atoms with Crippen LogP contribution in [0.25, 0.3) is 0 Å². The van der Waals surface area contributed by atoms with Crippen molar-refractivity contribution in [2.75, 3.05) is 13.2 Å². The SMILES string of the molecule is C=C(Cl)CON=C(CCC)C1=C(O)CC2(CCCCC2)OC1. The van der Waals surface area contributed by atoms with E-state index in [1.807, 2.05) is 0 Å². The van der Waals surface area contributed by atoms with E-state index in [2.05, 4.69) is 18.7 Å². The zero-order chi connectivity index (χ0) is 16.0. The van der Waals surface area contributed by atoms with Gasteiger partial charge in [-0.2, -0.15) is 0 Å². The highest BCUT2D eigenvalue weighted by Crippen LogP contribution is 2.40. The summed E-state index contributed by atoms with van der Waals surface area (Å²) in [6, 6.07) is 0. The van der Waals surface area contributed by atoms with Crippen LogP contribution in [0.4, 0.5) is 0 Å². The molecule has 0 saturated heterocycles. The largest absolute Gasteiger partial charge is 0.512 e. The molecule has 124 valence electrons. The van der Waals surface area contributed by atoms with Crippen molar-refractivity contribution in [3.63, 3.8) is 0 Å². The zero-order valence-electron chi connectivity index (χ0n) is 13.4. The molecule has 5 heteroatoms. The van der Waals surface area contributed by atoms with Gasteiger partial charge >= 0.3 is 0 Å². The molecule has 2 rings (SSSR count). The van der Waals surface area contributed by atoms with Crippen molar-refractivity contribution in [1.82, 2.24) is 0 Å². The first-order chi connectivity index (χ1) is 10.6. The maximum Gasteiger partial charge on any atom is 0.152 e. The molecule has 1 fully saturated rings. The van der Waals surface area contributed by atoms with Gasteiger partial charge in [-0.1, -0.05) is 55.9 Å². The fraction of sp³-hybridized carbons (Fsp3) is 0.706. The molecule has 1 N–H and O–H groups in total. The topological polar surface area (TPSA) is 51.0 Å². The normalized spacial score (nSPS) is 22.0.